The molecule has 1 saturated heterocycles. The van der Waals surface area contributed by atoms with E-state index in [9.17, 15) is 31.2 Å². The molecule has 0 unspecified atom stereocenters. The first-order chi connectivity index (χ1) is 23.0. The summed E-state index contributed by atoms with van der Waals surface area (Å²) < 4.78 is 75.4. The van der Waals surface area contributed by atoms with Crippen LogP contribution in [0.3, 0.4) is 0 Å². The molecule has 2 aromatic heterocycles. The van der Waals surface area contributed by atoms with E-state index < -0.39 is 33.6 Å². The van der Waals surface area contributed by atoms with Gasteiger partial charge >= 0.3 is 6.18 Å². The van der Waals surface area contributed by atoms with Gasteiger partial charge < -0.3 is 15.4 Å². The van der Waals surface area contributed by atoms with Gasteiger partial charge in [-0.05, 0) is 54.6 Å². The van der Waals surface area contributed by atoms with Gasteiger partial charge in [0, 0.05) is 18.7 Å². The molecule has 12 nitrogen and oxygen atoms in total. The Labute approximate surface area is 280 Å². The fraction of sp³-hybridized carbons (Fsp3) is 0.233. The molecule has 48 heavy (non-hydrogen) atoms. The molecule has 0 bridgehead atoms. The number of halogens is 3. The Bertz CT molecular complexity index is 2030. The average molecular weight is 718 g/mol. The molecule has 250 valence electrons. The Morgan fingerprint density at radius 2 is 1.73 bits per heavy atom. The fourth-order valence-corrected chi connectivity index (χ4v) is 7.84. The van der Waals surface area contributed by atoms with E-state index in [0.717, 1.165) is 34.1 Å². The third-order valence-electron chi connectivity index (χ3n) is 7.14. The van der Waals surface area contributed by atoms with Crippen LogP contribution in [-0.4, -0.2) is 76.3 Å². The Morgan fingerprint density at radius 1 is 0.979 bits per heavy atom. The summed E-state index contributed by atoms with van der Waals surface area (Å²) in [5.41, 5.74) is 0.0590. The lowest BCUT2D eigenvalue weighted by Crippen LogP contribution is -2.40. The number of hydrogen-bond donors (Lipinski definition) is 2. The lowest BCUT2D eigenvalue weighted by molar-refractivity contribution is -0.137. The number of carbonyl (C=O) groups excluding carboxylic acids is 2. The maximum absolute atomic E-state index is 13.6. The van der Waals surface area contributed by atoms with E-state index in [0.29, 0.717) is 18.3 Å². The van der Waals surface area contributed by atoms with Crippen LogP contribution in [0.5, 0.6) is 0 Å². The maximum Gasteiger partial charge on any atom is 0.416 e. The lowest BCUT2D eigenvalue weighted by Gasteiger charge is -2.26. The topological polar surface area (TPSA) is 148 Å². The molecular formula is C30H26F3N7O5S3. The molecule has 18 heteroatoms. The minimum atomic E-state index is -4.62. The van der Waals surface area contributed by atoms with E-state index in [4.69, 9.17) is 4.74 Å². The number of aromatic nitrogens is 4. The van der Waals surface area contributed by atoms with Crippen LogP contribution in [0.2, 0.25) is 0 Å². The average Bonchev–Trinajstić information content (AvgIpc) is 3.69. The van der Waals surface area contributed by atoms with E-state index in [1.54, 1.807) is 0 Å². The van der Waals surface area contributed by atoms with Crippen LogP contribution < -0.4 is 10.6 Å². The van der Waals surface area contributed by atoms with Gasteiger partial charge in [0.2, 0.25) is 15.9 Å². The second kappa shape index (κ2) is 14.0. The number of thioether (sulfide) groups is 1. The van der Waals surface area contributed by atoms with E-state index in [1.807, 2.05) is 24.3 Å². The van der Waals surface area contributed by atoms with Crippen LogP contribution in [0.1, 0.15) is 21.7 Å². The quantitative estimate of drug-likeness (QED) is 0.198. The summed E-state index contributed by atoms with van der Waals surface area (Å²) in [5, 5.41) is 14.1. The van der Waals surface area contributed by atoms with Gasteiger partial charge in [0.25, 0.3) is 5.91 Å². The third kappa shape index (κ3) is 7.52. The number of fused-ring (bicyclic) bond motifs is 1. The molecule has 1 aliphatic rings. The molecule has 0 atom stereocenters. The highest BCUT2D eigenvalue weighted by Crippen LogP contribution is 2.32. The third-order valence-corrected chi connectivity index (χ3v) is 10.9. The number of sulfonamides is 1. The number of nitrogens with zero attached hydrogens (tertiary/aromatic N) is 5. The summed E-state index contributed by atoms with van der Waals surface area (Å²) in [4.78, 5) is 30.2. The van der Waals surface area contributed by atoms with Crippen molar-refractivity contribution in [2.24, 2.45) is 0 Å². The van der Waals surface area contributed by atoms with Crippen molar-refractivity contribution in [1.29, 1.82) is 0 Å². The second-order valence-electron chi connectivity index (χ2n) is 10.3. The first-order valence-electron chi connectivity index (χ1n) is 14.4. The molecule has 2 N–H and O–H groups in total. The Morgan fingerprint density at radius 3 is 2.46 bits per heavy atom. The number of para-hydroxylation sites is 1. The van der Waals surface area contributed by atoms with Crippen molar-refractivity contribution in [3.8, 4) is 5.69 Å². The number of amides is 2. The van der Waals surface area contributed by atoms with E-state index in [1.165, 1.54) is 56.6 Å². The van der Waals surface area contributed by atoms with Gasteiger partial charge in [-0.2, -0.15) is 17.5 Å². The first-order valence-corrected chi connectivity index (χ1v) is 17.6. The van der Waals surface area contributed by atoms with Crippen molar-refractivity contribution < 1.29 is 35.9 Å². The predicted octanol–water partition coefficient (Wildman–Crippen LogP) is 4.58. The van der Waals surface area contributed by atoms with Crippen molar-refractivity contribution in [2.45, 2.75) is 22.8 Å². The van der Waals surface area contributed by atoms with Crippen LogP contribution in [0.25, 0.3) is 15.9 Å². The summed E-state index contributed by atoms with van der Waals surface area (Å²) in [6.45, 7) is 0.801. The number of anilines is 1. The van der Waals surface area contributed by atoms with Crippen molar-refractivity contribution in [3.63, 3.8) is 0 Å². The number of alkyl halides is 3. The largest absolute Gasteiger partial charge is 0.416 e. The zero-order valence-electron chi connectivity index (χ0n) is 24.8. The van der Waals surface area contributed by atoms with Gasteiger partial charge in [-0.15, -0.1) is 10.2 Å². The minimum absolute atomic E-state index is 0.0269. The van der Waals surface area contributed by atoms with Gasteiger partial charge in [-0.1, -0.05) is 41.3 Å². The molecule has 5 aromatic rings. The summed E-state index contributed by atoms with van der Waals surface area (Å²) in [6.07, 6.45) is -4.62. The van der Waals surface area contributed by atoms with Crippen molar-refractivity contribution in [1.82, 2.24) is 29.4 Å². The molecular weight excluding hydrogens is 692 g/mol. The lowest BCUT2D eigenvalue weighted by atomic mass is 10.2. The van der Waals surface area contributed by atoms with Crippen molar-refractivity contribution in [3.05, 3.63) is 89.7 Å². The second-order valence-corrected chi connectivity index (χ2v) is 14.2. The number of nitrogens with one attached hydrogen (secondary N) is 2. The highest BCUT2D eigenvalue weighted by atomic mass is 32.2. The molecule has 2 amide bonds. The molecule has 3 heterocycles. The van der Waals surface area contributed by atoms with E-state index in [2.05, 4.69) is 25.8 Å². The zero-order valence-corrected chi connectivity index (χ0v) is 27.3. The molecule has 6 rings (SSSR count). The number of carbonyl (C=O) groups is 2. The highest BCUT2D eigenvalue weighted by molar-refractivity contribution is 7.99. The Balaban J connectivity index is 1.18. The predicted molar refractivity (Wildman–Crippen MR) is 173 cm³/mol. The summed E-state index contributed by atoms with van der Waals surface area (Å²) in [5.74, 6) is -1.04. The molecule has 1 aliphatic heterocycles. The number of ether oxygens (including phenoxy) is 1. The van der Waals surface area contributed by atoms with Gasteiger partial charge in [0.1, 0.15) is 0 Å². The summed E-state index contributed by atoms with van der Waals surface area (Å²) >= 11 is 2.25. The van der Waals surface area contributed by atoms with Crippen LogP contribution in [0.4, 0.5) is 18.3 Å². The number of morpholine rings is 1. The maximum atomic E-state index is 13.6. The molecule has 0 spiro atoms. The zero-order chi connectivity index (χ0) is 33.9. The van der Waals surface area contributed by atoms with Gasteiger partial charge in [0.15, 0.2) is 16.1 Å². The van der Waals surface area contributed by atoms with E-state index >= 15 is 0 Å². The van der Waals surface area contributed by atoms with Gasteiger partial charge in [-0.25, -0.2) is 13.4 Å². The van der Waals surface area contributed by atoms with Gasteiger partial charge in [-0.3, -0.25) is 14.2 Å². The van der Waals surface area contributed by atoms with Crippen molar-refractivity contribution in [2.75, 3.05) is 37.4 Å². The number of rotatable bonds is 10. The summed E-state index contributed by atoms with van der Waals surface area (Å²) in [6, 6.07) is 17.3. The number of thiazole rings is 1. The number of benzene rings is 3. The SMILES string of the molecule is O=C(CSc1nnc(CNC(=O)c2ccc(S(=O)(=O)N3CCOCC3)cc2)n1-c1cccc(C(F)(F)F)c1)Nc1nc2ccccc2s1. The van der Waals surface area contributed by atoms with Crippen LogP contribution >= 0.6 is 23.1 Å². The van der Waals surface area contributed by atoms with Crippen LogP contribution in [0, 0.1) is 0 Å². The Hall–Kier alpha value is -4.36. The standard InChI is InChI=1S/C30H26F3N7O5S3/c31-30(32,33)20-4-3-5-21(16-20)40-25(37-38-29(40)46-18-26(41)36-28-35-23-6-1-2-7-24(23)47-28)17-34-27(42)19-8-10-22(11-9-19)48(43,44)39-12-14-45-15-13-39/h1-11,16H,12-15,17-18H2,(H,34,42)(H,35,36,41). The monoisotopic (exact) mass is 717 g/mol. The Kier molecular flexibility index (Phi) is 9.79. The highest BCUT2D eigenvalue weighted by Gasteiger charge is 2.31. The molecule has 0 radical (unpaired) electrons. The van der Waals surface area contributed by atoms with Crippen LogP contribution in [-0.2, 0) is 32.3 Å². The molecule has 3 aromatic carbocycles. The minimum Gasteiger partial charge on any atom is -0.379 e. The molecule has 0 saturated carbocycles. The normalized spacial score (nSPS) is 14.2. The molecule has 0 aliphatic carbocycles. The van der Waals surface area contributed by atoms with Gasteiger partial charge in [0.05, 0.1) is 51.9 Å². The smallest absolute Gasteiger partial charge is 0.379 e. The van der Waals surface area contributed by atoms with Crippen molar-refractivity contribution >= 4 is 60.3 Å². The molecule has 1 fully saturated rings. The fourth-order valence-electron chi connectivity index (χ4n) is 4.78. The summed E-state index contributed by atoms with van der Waals surface area (Å²) in [7, 11) is -3.76. The van der Waals surface area contributed by atoms with Crippen LogP contribution in [0.15, 0.2) is 82.8 Å². The first kappa shape index (κ1) is 33.5. The number of hydrogen-bond acceptors (Lipinski definition) is 10. The van der Waals surface area contributed by atoms with E-state index in [-0.39, 0.29) is 52.5 Å².